The van der Waals surface area contributed by atoms with Crippen LogP contribution < -0.4 is 10.6 Å². The average Bonchev–Trinajstić information content (AvgIpc) is 2.86. The highest BCUT2D eigenvalue weighted by molar-refractivity contribution is 5.86. The minimum Gasteiger partial charge on any atom is -0.344 e. The van der Waals surface area contributed by atoms with E-state index >= 15 is 0 Å². The zero-order valence-corrected chi connectivity index (χ0v) is 14.7. The molecule has 3 unspecified atom stereocenters. The predicted molar refractivity (Wildman–Crippen MR) is 96.8 cm³/mol. The highest BCUT2D eigenvalue weighted by Crippen LogP contribution is 2.36. The van der Waals surface area contributed by atoms with Gasteiger partial charge in [-0.1, -0.05) is 0 Å². The van der Waals surface area contributed by atoms with Crippen molar-refractivity contribution in [2.45, 2.75) is 58.2 Å². The van der Waals surface area contributed by atoms with Gasteiger partial charge in [0, 0.05) is 41.6 Å². The summed E-state index contributed by atoms with van der Waals surface area (Å²) in [5.41, 5.74) is 3.93. The highest BCUT2D eigenvalue weighted by atomic mass is 19.1. The van der Waals surface area contributed by atoms with Gasteiger partial charge in [0.2, 0.25) is 0 Å². The molecule has 2 aromatic rings. The van der Waals surface area contributed by atoms with Crippen LogP contribution in [-0.4, -0.2) is 23.7 Å². The first-order valence-electron chi connectivity index (χ1n) is 9.40. The van der Waals surface area contributed by atoms with Gasteiger partial charge in [-0.2, -0.15) is 0 Å². The van der Waals surface area contributed by atoms with Gasteiger partial charge in [0.15, 0.2) is 0 Å². The zero-order valence-electron chi connectivity index (χ0n) is 14.7. The van der Waals surface area contributed by atoms with Crippen LogP contribution in [0, 0.1) is 11.7 Å². The van der Waals surface area contributed by atoms with E-state index in [1.54, 1.807) is 12.1 Å². The summed E-state index contributed by atoms with van der Waals surface area (Å²) >= 11 is 0. The number of hydrogen-bond acceptors (Lipinski definition) is 2. The SMILES string of the molecule is CC1Cc2c(c3cc(F)ccc3n2CCC2CCCNC2)C(C)N1. The topological polar surface area (TPSA) is 29.0 Å². The molecule has 0 bridgehead atoms. The number of aryl methyl sites for hydroxylation is 1. The second-order valence-electron chi connectivity index (χ2n) is 7.67. The maximum absolute atomic E-state index is 13.9. The van der Waals surface area contributed by atoms with Crippen LogP contribution >= 0.6 is 0 Å². The molecule has 1 saturated heterocycles. The van der Waals surface area contributed by atoms with Gasteiger partial charge in [-0.15, -0.1) is 0 Å². The molecule has 0 aliphatic carbocycles. The van der Waals surface area contributed by atoms with E-state index in [4.69, 9.17) is 0 Å². The molecule has 24 heavy (non-hydrogen) atoms. The van der Waals surface area contributed by atoms with Crippen LogP contribution in [0.4, 0.5) is 4.39 Å². The van der Waals surface area contributed by atoms with E-state index in [-0.39, 0.29) is 11.9 Å². The average molecular weight is 329 g/mol. The van der Waals surface area contributed by atoms with Gasteiger partial charge in [-0.25, -0.2) is 4.39 Å². The Kier molecular flexibility index (Phi) is 4.35. The molecule has 2 aliphatic heterocycles. The van der Waals surface area contributed by atoms with Gasteiger partial charge >= 0.3 is 0 Å². The third kappa shape index (κ3) is 2.86. The van der Waals surface area contributed by atoms with Gasteiger partial charge in [0.05, 0.1) is 0 Å². The summed E-state index contributed by atoms with van der Waals surface area (Å²) in [5.74, 6) is 0.633. The van der Waals surface area contributed by atoms with Crippen LogP contribution in [0.15, 0.2) is 18.2 Å². The molecule has 0 spiro atoms. The number of aromatic nitrogens is 1. The number of hydrogen-bond donors (Lipinski definition) is 2. The van der Waals surface area contributed by atoms with Crippen molar-refractivity contribution >= 4 is 10.9 Å². The lowest BCUT2D eigenvalue weighted by atomic mass is 9.94. The van der Waals surface area contributed by atoms with E-state index in [2.05, 4.69) is 29.0 Å². The standard InChI is InChI=1S/C20H28FN3/c1-13-10-19-20(14(2)23-13)17-11-16(21)5-6-18(17)24(19)9-7-15-4-3-8-22-12-15/h5-6,11,13-15,22-23H,3-4,7-10,12H2,1-2H3. The second-order valence-corrected chi connectivity index (χ2v) is 7.67. The summed E-state index contributed by atoms with van der Waals surface area (Å²) in [7, 11) is 0. The maximum Gasteiger partial charge on any atom is 0.123 e. The smallest absolute Gasteiger partial charge is 0.123 e. The fraction of sp³-hybridized carbons (Fsp3) is 0.600. The van der Waals surface area contributed by atoms with Crippen LogP contribution in [0.25, 0.3) is 10.9 Å². The van der Waals surface area contributed by atoms with E-state index in [1.807, 2.05) is 6.07 Å². The number of halogens is 1. The Morgan fingerprint density at radius 2 is 2.17 bits per heavy atom. The molecular formula is C20H28FN3. The molecule has 0 amide bonds. The molecule has 1 aromatic heterocycles. The minimum atomic E-state index is -0.134. The fourth-order valence-electron chi connectivity index (χ4n) is 4.71. The molecule has 0 radical (unpaired) electrons. The summed E-state index contributed by atoms with van der Waals surface area (Å²) in [5, 5.41) is 8.23. The van der Waals surface area contributed by atoms with Crippen molar-refractivity contribution < 1.29 is 4.39 Å². The number of benzene rings is 1. The Hall–Kier alpha value is -1.39. The third-order valence-corrected chi connectivity index (χ3v) is 5.80. The molecular weight excluding hydrogens is 301 g/mol. The van der Waals surface area contributed by atoms with E-state index in [9.17, 15) is 4.39 Å². The van der Waals surface area contributed by atoms with E-state index in [1.165, 1.54) is 42.6 Å². The first-order chi connectivity index (χ1) is 11.6. The lowest BCUT2D eigenvalue weighted by molar-refractivity contribution is 0.339. The lowest BCUT2D eigenvalue weighted by Crippen LogP contribution is -2.36. The second kappa shape index (κ2) is 6.49. The molecule has 3 heterocycles. The summed E-state index contributed by atoms with van der Waals surface area (Å²) in [6, 6.07) is 6.05. The number of fused-ring (bicyclic) bond motifs is 3. The molecule has 3 atom stereocenters. The fourth-order valence-corrected chi connectivity index (χ4v) is 4.71. The van der Waals surface area contributed by atoms with Gasteiger partial charge in [0.1, 0.15) is 5.82 Å². The van der Waals surface area contributed by atoms with E-state index in [0.717, 1.165) is 30.8 Å². The van der Waals surface area contributed by atoms with Crippen LogP contribution in [0.1, 0.15) is 50.4 Å². The Morgan fingerprint density at radius 1 is 1.29 bits per heavy atom. The third-order valence-electron chi connectivity index (χ3n) is 5.80. The molecule has 3 nitrogen and oxygen atoms in total. The monoisotopic (exact) mass is 329 g/mol. The highest BCUT2D eigenvalue weighted by Gasteiger charge is 2.28. The van der Waals surface area contributed by atoms with Crippen molar-refractivity contribution in [1.82, 2.24) is 15.2 Å². The minimum absolute atomic E-state index is 0.134. The van der Waals surface area contributed by atoms with Crippen LogP contribution in [0.5, 0.6) is 0 Å². The number of nitrogens with zero attached hydrogens (tertiary/aromatic N) is 1. The molecule has 2 N–H and O–H groups in total. The Balaban J connectivity index is 1.72. The van der Waals surface area contributed by atoms with Crippen LogP contribution in [0.3, 0.4) is 0 Å². The number of piperidine rings is 1. The first-order valence-corrected chi connectivity index (χ1v) is 9.40. The van der Waals surface area contributed by atoms with Crippen LogP contribution in [0.2, 0.25) is 0 Å². The Bertz CT molecular complexity index is 730. The molecule has 2 aliphatic rings. The zero-order chi connectivity index (χ0) is 16.7. The van der Waals surface area contributed by atoms with Crippen molar-refractivity contribution in [3.63, 3.8) is 0 Å². The lowest BCUT2D eigenvalue weighted by Gasteiger charge is -2.29. The first kappa shape index (κ1) is 16.1. The Morgan fingerprint density at radius 3 is 2.96 bits per heavy atom. The van der Waals surface area contributed by atoms with Crippen molar-refractivity contribution in [3.05, 3.63) is 35.3 Å². The molecule has 4 rings (SSSR count). The van der Waals surface area contributed by atoms with Crippen molar-refractivity contribution in [3.8, 4) is 0 Å². The van der Waals surface area contributed by atoms with Crippen LogP contribution in [-0.2, 0) is 13.0 Å². The van der Waals surface area contributed by atoms with Crippen molar-refractivity contribution in [2.75, 3.05) is 13.1 Å². The summed E-state index contributed by atoms with van der Waals surface area (Å²) < 4.78 is 16.3. The van der Waals surface area contributed by atoms with E-state index < -0.39 is 0 Å². The summed E-state index contributed by atoms with van der Waals surface area (Å²) in [6.07, 6.45) is 4.85. The van der Waals surface area contributed by atoms with Gasteiger partial charge < -0.3 is 15.2 Å². The Labute approximate surface area is 143 Å². The largest absolute Gasteiger partial charge is 0.344 e. The van der Waals surface area contributed by atoms with E-state index in [0.29, 0.717) is 6.04 Å². The molecule has 1 aromatic carbocycles. The molecule has 4 heteroatoms. The summed E-state index contributed by atoms with van der Waals surface area (Å²) in [4.78, 5) is 0. The number of nitrogens with one attached hydrogen (secondary N) is 2. The predicted octanol–water partition coefficient (Wildman–Crippen LogP) is 3.77. The summed E-state index contributed by atoms with van der Waals surface area (Å²) in [6.45, 7) is 7.80. The molecule has 130 valence electrons. The maximum atomic E-state index is 13.9. The van der Waals surface area contributed by atoms with Crippen molar-refractivity contribution in [2.24, 2.45) is 5.92 Å². The molecule has 0 saturated carbocycles. The normalized spacial score (nSPS) is 27.4. The van der Waals surface area contributed by atoms with Gasteiger partial charge in [-0.3, -0.25) is 0 Å². The number of rotatable bonds is 3. The molecule has 1 fully saturated rings. The quantitative estimate of drug-likeness (QED) is 0.897. The van der Waals surface area contributed by atoms with Gasteiger partial charge in [0.25, 0.3) is 0 Å². The van der Waals surface area contributed by atoms with Gasteiger partial charge in [-0.05, 0) is 75.9 Å². The van der Waals surface area contributed by atoms with Crippen molar-refractivity contribution in [1.29, 1.82) is 0 Å².